The van der Waals surface area contributed by atoms with E-state index in [4.69, 9.17) is 0 Å². The molecule has 2 heterocycles. The Labute approximate surface area is 139 Å². The maximum atomic E-state index is 12.3. The molecular weight excluding hydrogens is 292 g/mol. The van der Waals surface area contributed by atoms with E-state index in [1.165, 1.54) is 12.8 Å². The van der Waals surface area contributed by atoms with Crippen LogP contribution in [0.5, 0.6) is 0 Å². The first-order chi connectivity index (χ1) is 10.9. The highest BCUT2D eigenvalue weighted by molar-refractivity contribution is 5.88. The minimum atomic E-state index is -0.0928. The number of hydrogen-bond donors (Lipinski definition) is 1. The molecule has 1 fully saturated rings. The number of amides is 2. The fraction of sp³-hybridized carbons (Fsp3) is 0.750. The highest BCUT2D eigenvalue weighted by Crippen LogP contribution is 2.14. The van der Waals surface area contributed by atoms with Gasteiger partial charge in [-0.25, -0.2) is 4.79 Å². The van der Waals surface area contributed by atoms with E-state index in [1.54, 1.807) is 9.58 Å². The van der Waals surface area contributed by atoms with E-state index >= 15 is 0 Å². The second-order valence-corrected chi connectivity index (χ2v) is 6.66. The number of urea groups is 1. The molecule has 130 valence electrons. The molecule has 1 aromatic rings. The molecule has 1 aliphatic heterocycles. The number of carbonyl (C=O) groups is 1. The topological polar surface area (TPSA) is 56.6 Å². The normalized spacial score (nSPS) is 16.8. The summed E-state index contributed by atoms with van der Waals surface area (Å²) in [4.78, 5) is 18.7. The summed E-state index contributed by atoms with van der Waals surface area (Å²) in [6.45, 7) is 5.83. The summed E-state index contributed by atoms with van der Waals surface area (Å²) in [6.07, 6.45) is 2.41. The quantitative estimate of drug-likeness (QED) is 0.885. The van der Waals surface area contributed by atoms with Gasteiger partial charge in [0.25, 0.3) is 0 Å². The number of likely N-dealkylation sites (N-methyl/N-ethyl adjacent to an activating group) is 2. The molecule has 0 spiro atoms. The third kappa shape index (κ3) is 4.94. The van der Waals surface area contributed by atoms with Gasteiger partial charge in [-0.3, -0.25) is 10.00 Å². The lowest BCUT2D eigenvalue weighted by Gasteiger charge is -2.35. The number of anilines is 1. The van der Waals surface area contributed by atoms with E-state index < -0.39 is 0 Å². The fourth-order valence-corrected chi connectivity index (χ4v) is 2.96. The van der Waals surface area contributed by atoms with Crippen molar-refractivity contribution in [3.8, 4) is 0 Å². The Balaban J connectivity index is 1.76. The van der Waals surface area contributed by atoms with Crippen LogP contribution in [0.15, 0.2) is 6.07 Å². The van der Waals surface area contributed by atoms with E-state index in [0.717, 1.165) is 31.1 Å². The van der Waals surface area contributed by atoms with Crippen molar-refractivity contribution in [3.05, 3.63) is 11.8 Å². The SMILES string of the molecule is Cc1cc(NC(=O)N(C)CCN(C)C2CCN(C)CC2)n(C)n1. The summed E-state index contributed by atoms with van der Waals surface area (Å²) in [7, 11) is 8.00. The number of aromatic nitrogens is 2. The van der Waals surface area contributed by atoms with Gasteiger partial charge in [0.2, 0.25) is 0 Å². The molecule has 7 heteroatoms. The summed E-state index contributed by atoms with van der Waals surface area (Å²) in [6, 6.07) is 2.41. The van der Waals surface area contributed by atoms with Crippen LogP contribution < -0.4 is 5.32 Å². The molecule has 2 rings (SSSR count). The van der Waals surface area contributed by atoms with Gasteiger partial charge >= 0.3 is 6.03 Å². The summed E-state index contributed by atoms with van der Waals surface area (Å²) in [5, 5.41) is 7.14. The van der Waals surface area contributed by atoms with Crippen molar-refractivity contribution in [3.63, 3.8) is 0 Å². The van der Waals surface area contributed by atoms with Gasteiger partial charge in [0, 0.05) is 39.3 Å². The van der Waals surface area contributed by atoms with Gasteiger partial charge in [0.05, 0.1) is 5.69 Å². The van der Waals surface area contributed by atoms with Crippen LogP contribution in [0.4, 0.5) is 10.6 Å². The van der Waals surface area contributed by atoms with Gasteiger partial charge in [-0.2, -0.15) is 5.10 Å². The molecule has 1 N–H and O–H groups in total. The van der Waals surface area contributed by atoms with Crippen molar-refractivity contribution < 1.29 is 4.79 Å². The summed E-state index contributed by atoms with van der Waals surface area (Å²) < 4.78 is 1.69. The molecule has 7 nitrogen and oxygen atoms in total. The van der Waals surface area contributed by atoms with Crippen molar-refractivity contribution in [2.45, 2.75) is 25.8 Å². The molecular formula is C16H30N6O. The van der Waals surface area contributed by atoms with Crippen LogP contribution in [0, 0.1) is 6.92 Å². The Bertz CT molecular complexity index is 521. The Kier molecular flexibility index (Phi) is 6.01. The number of likely N-dealkylation sites (tertiary alicyclic amines) is 1. The van der Waals surface area contributed by atoms with Crippen LogP contribution >= 0.6 is 0 Å². The predicted molar refractivity (Wildman–Crippen MR) is 92.7 cm³/mol. The molecule has 0 unspecified atom stereocenters. The molecule has 23 heavy (non-hydrogen) atoms. The third-order valence-corrected chi connectivity index (χ3v) is 4.68. The number of carbonyl (C=O) groups excluding carboxylic acids is 1. The number of aryl methyl sites for hydroxylation is 2. The van der Waals surface area contributed by atoms with Gasteiger partial charge in [-0.1, -0.05) is 0 Å². The summed E-state index contributed by atoms with van der Waals surface area (Å²) >= 11 is 0. The fourth-order valence-electron chi connectivity index (χ4n) is 2.96. The van der Waals surface area contributed by atoms with Crippen LogP contribution in [0.25, 0.3) is 0 Å². The van der Waals surface area contributed by atoms with Crippen LogP contribution in [-0.2, 0) is 7.05 Å². The van der Waals surface area contributed by atoms with Crippen molar-refractivity contribution >= 4 is 11.8 Å². The van der Waals surface area contributed by atoms with Gasteiger partial charge in [0.15, 0.2) is 0 Å². The maximum absolute atomic E-state index is 12.3. The first-order valence-corrected chi connectivity index (χ1v) is 8.28. The Hall–Kier alpha value is -1.60. The average Bonchev–Trinajstić information content (AvgIpc) is 2.82. The maximum Gasteiger partial charge on any atom is 0.322 e. The molecule has 2 amide bonds. The Morgan fingerprint density at radius 3 is 2.52 bits per heavy atom. The van der Waals surface area contributed by atoms with Crippen molar-refractivity contribution in [1.29, 1.82) is 0 Å². The molecule has 0 atom stereocenters. The minimum absolute atomic E-state index is 0.0928. The van der Waals surface area contributed by atoms with E-state index in [1.807, 2.05) is 27.1 Å². The third-order valence-electron chi connectivity index (χ3n) is 4.68. The van der Waals surface area contributed by atoms with Gasteiger partial charge in [-0.15, -0.1) is 0 Å². The number of rotatable bonds is 5. The lowest BCUT2D eigenvalue weighted by Crippen LogP contribution is -2.45. The lowest BCUT2D eigenvalue weighted by atomic mass is 10.0. The molecule has 0 aliphatic carbocycles. The highest BCUT2D eigenvalue weighted by atomic mass is 16.2. The van der Waals surface area contributed by atoms with E-state index in [-0.39, 0.29) is 6.03 Å². The molecule has 0 radical (unpaired) electrons. The van der Waals surface area contributed by atoms with Crippen LogP contribution in [0.2, 0.25) is 0 Å². The minimum Gasteiger partial charge on any atom is -0.326 e. The van der Waals surface area contributed by atoms with Crippen molar-refractivity contribution in [1.82, 2.24) is 24.5 Å². The largest absolute Gasteiger partial charge is 0.326 e. The van der Waals surface area contributed by atoms with Crippen LogP contribution in [-0.4, -0.2) is 83.9 Å². The number of nitrogens with one attached hydrogen (secondary N) is 1. The number of hydrogen-bond acceptors (Lipinski definition) is 4. The molecule has 0 saturated carbocycles. The predicted octanol–water partition coefficient (Wildman–Crippen LogP) is 1.22. The summed E-state index contributed by atoms with van der Waals surface area (Å²) in [5.74, 6) is 0.725. The average molecular weight is 322 g/mol. The molecule has 1 aliphatic rings. The zero-order chi connectivity index (χ0) is 17.0. The lowest BCUT2D eigenvalue weighted by molar-refractivity contribution is 0.136. The highest BCUT2D eigenvalue weighted by Gasteiger charge is 2.21. The summed E-state index contributed by atoms with van der Waals surface area (Å²) in [5.41, 5.74) is 0.896. The Morgan fingerprint density at radius 2 is 1.96 bits per heavy atom. The second-order valence-electron chi connectivity index (χ2n) is 6.66. The molecule has 0 aromatic carbocycles. The second kappa shape index (κ2) is 7.79. The monoisotopic (exact) mass is 322 g/mol. The van der Waals surface area contributed by atoms with Crippen LogP contribution in [0.3, 0.4) is 0 Å². The van der Waals surface area contributed by atoms with Gasteiger partial charge in [-0.05, 0) is 47.0 Å². The Morgan fingerprint density at radius 1 is 1.30 bits per heavy atom. The van der Waals surface area contributed by atoms with Crippen molar-refractivity contribution in [2.24, 2.45) is 7.05 Å². The van der Waals surface area contributed by atoms with E-state index in [9.17, 15) is 4.79 Å². The van der Waals surface area contributed by atoms with Crippen LogP contribution in [0.1, 0.15) is 18.5 Å². The van der Waals surface area contributed by atoms with E-state index in [0.29, 0.717) is 12.6 Å². The van der Waals surface area contributed by atoms with Crippen molar-refractivity contribution in [2.75, 3.05) is 52.6 Å². The molecule has 1 saturated heterocycles. The first-order valence-electron chi connectivity index (χ1n) is 8.28. The zero-order valence-corrected chi connectivity index (χ0v) is 15.0. The smallest absolute Gasteiger partial charge is 0.322 e. The number of nitrogens with zero attached hydrogens (tertiary/aromatic N) is 5. The zero-order valence-electron chi connectivity index (χ0n) is 15.0. The number of piperidine rings is 1. The van der Waals surface area contributed by atoms with Gasteiger partial charge in [0.1, 0.15) is 5.82 Å². The molecule has 0 bridgehead atoms. The first kappa shape index (κ1) is 17.7. The van der Waals surface area contributed by atoms with E-state index in [2.05, 4.69) is 34.3 Å². The molecule has 1 aromatic heterocycles. The standard InChI is InChI=1S/C16H30N6O/c1-13-12-15(22(5)18-13)17-16(23)21(4)11-10-20(3)14-6-8-19(2)9-7-14/h12,14H,6-11H2,1-5H3,(H,17,23). The van der Waals surface area contributed by atoms with Gasteiger partial charge < -0.3 is 14.7 Å².